The Bertz CT molecular complexity index is 221. The highest BCUT2D eigenvalue weighted by Gasteiger charge is 2.30. The standard InChI is InChI=1S/C9H14ClNO/c1-7-9(2,3)11-8(12-7)5-4-6-10/h1,4-6H2,2-3H3. The quantitative estimate of drug-likeness (QED) is 0.623. The molecule has 0 aromatic carbocycles. The number of hydrogen-bond acceptors (Lipinski definition) is 2. The van der Waals surface area contributed by atoms with Crippen molar-refractivity contribution in [1.29, 1.82) is 0 Å². The third-order valence-corrected chi connectivity index (χ3v) is 2.12. The van der Waals surface area contributed by atoms with Crippen LogP contribution in [0.3, 0.4) is 0 Å². The molecule has 1 aliphatic heterocycles. The van der Waals surface area contributed by atoms with E-state index in [0.29, 0.717) is 5.88 Å². The minimum absolute atomic E-state index is 0.248. The maximum absolute atomic E-state index is 5.55. The molecule has 3 heteroatoms. The Kier molecular flexibility index (Phi) is 2.78. The molecule has 68 valence electrons. The van der Waals surface area contributed by atoms with Gasteiger partial charge < -0.3 is 4.74 Å². The Morgan fingerprint density at radius 1 is 1.58 bits per heavy atom. The summed E-state index contributed by atoms with van der Waals surface area (Å²) in [5.74, 6) is 2.15. The lowest BCUT2D eigenvalue weighted by molar-refractivity contribution is 0.376. The lowest BCUT2D eigenvalue weighted by Gasteiger charge is -2.11. The van der Waals surface area contributed by atoms with Gasteiger partial charge in [0.05, 0.1) is 0 Å². The number of hydrogen-bond donors (Lipinski definition) is 0. The third kappa shape index (κ3) is 2.01. The van der Waals surface area contributed by atoms with Gasteiger partial charge in [0, 0.05) is 12.3 Å². The zero-order valence-corrected chi connectivity index (χ0v) is 8.32. The molecular formula is C9H14ClNO. The molecule has 0 bridgehead atoms. The van der Waals surface area contributed by atoms with Crippen molar-refractivity contribution in [2.45, 2.75) is 32.2 Å². The van der Waals surface area contributed by atoms with Crippen LogP contribution in [-0.4, -0.2) is 17.3 Å². The Labute approximate surface area is 78.3 Å². The summed E-state index contributed by atoms with van der Waals surface area (Å²) in [6.45, 7) is 7.77. The van der Waals surface area contributed by atoms with Crippen LogP contribution in [0.15, 0.2) is 17.3 Å². The normalized spacial score (nSPS) is 20.6. The fraction of sp³-hybridized carbons (Fsp3) is 0.667. The average Bonchev–Trinajstić information content (AvgIpc) is 2.22. The van der Waals surface area contributed by atoms with Gasteiger partial charge in [-0.15, -0.1) is 11.6 Å². The molecule has 0 unspecified atom stereocenters. The topological polar surface area (TPSA) is 21.6 Å². The molecule has 0 spiro atoms. The smallest absolute Gasteiger partial charge is 0.190 e. The van der Waals surface area contributed by atoms with E-state index >= 15 is 0 Å². The van der Waals surface area contributed by atoms with Gasteiger partial charge in [0.1, 0.15) is 11.3 Å². The maximum atomic E-state index is 5.55. The minimum Gasteiger partial charge on any atom is -0.446 e. The second-order valence-corrected chi connectivity index (χ2v) is 3.76. The minimum atomic E-state index is -0.248. The summed E-state index contributed by atoms with van der Waals surface area (Å²) < 4.78 is 5.38. The highest BCUT2D eigenvalue weighted by atomic mass is 35.5. The SMILES string of the molecule is C=C1OC(CCCCl)=NC1(C)C. The van der Waals surface area contributed by atoms with Crippen LogP contribution in [0.2, 0.25) is 0 Å². The molecule has 0 amide bonds. The van der Waals surface area contributed by atoms with Crippen LogP contribution in [0, 0.1) is 0 Å². The van der Waals surface area contributed by atoms with Gasteiger partial charge >= 0.3 is 0 Å². The molecule has 1 aliphatic rings. The molecule has 0 aromatic heterocycles. The maximum Gasteiger partial charge on any atom is 0.190 e. The molecule has 0 saturated heterocycles. The molecule has 0 saturated carbocycles. The summed E-state index contributed by atoms with van der Waals surface area (Å²) in [5.41, 5.74) is -0.248. The predicted octanol–water partition coefficient (Wildman–Crippen LogP) is 2.73. The van der Waals surface area contributed by atoms with E-state index in [1.165, 1.54) is 0 Å². The van der Waals surface area contributed by atoms with Crippen molar-refractivity contribution in [3.8, 4) is 0 Å². The molecule has 1 rings (SSSR count). The summed E-state index contributed by atoms with van der Waals surface area (Å²) >= 11 is 5.55. The Morgan fingerprint density at radius 2 is 2.25 bits per heavy atom. The van der Waals surface area contributed by atoms with Gasteiger partial charge in [0.2, 0.25) is 0 Å². The summed E-state index contributed by atoms with van der Waals surface area (Å²) in [6, 6.07) is 0. The molecule has 0 aromatic rings. The van der Waals surface area contributed by atoms with Crippen molar-refractivity contribution < 1.29 is 4.74 Å². The number of aliphatic imine (C=N–C) groups is 1. The van der Waals surface area contributed by atoms with Crippen molar-refractivity contribution in [2.75, 3.05) is 5.88 Å². The van der Waals surface area contributed by atoms with Gasteiger partial charge in [-0.05, 0) is 20.3 Å². The first-order valence-corrected chi connectivity index (χ1v) is 4.61. The molecule has 0 radical (unpaired) electrons. The number of alkyl halides is 1. The zero-order valence-electron chi connectivity index (χ0n) is 7.56. The van der Waals surface area contributed by atoms with E-state index < -0.39 is 0 Å². The lowest BCUT2D eigenvalue weighted by atomic mass is 10.1. The van der Waals surface area contributed by atoms with Gasteiger partial charge in [0.25, 0.3) is 0 Å². The average molecular weight is 188 g/mol. The van der Waals surface area contributed by atoms with Gasteiger partial charge in [-0.2, -0.15) is 0 Å². The number of halogens is 1. The zero-order chi connectivity index (χ0) is 9.19. The third-order valence-electron chi connectivity index (χ3n) is 1.85. The van der Waals surface area contributed by atoms with E-state index in [9.17, 15) is 0 Å². The van der Waals surface area contributed by atoms with Crippen LogP contribution in [0.5, 0.6) is 0 Å². The van der Waals surface area contributed by atoms with E-state index in [1.54, 1.807) is 0 Å². The van der Waals surface area contributed by atoms with Crippen LogP contribution < -0.4 is 0 Å². The summed E-state index contributed by atoms with van der Waals surface area (Å²) in [7, 11) is 0. The highest BCUT2D eigenvalue weighted by molar-refractivity contribution is 6.17. The second kappa shape index (κ2) is 3.48. The second-order valence-electron chi connectivity index (χ2n) is 3.38. The van der Waals surface area contributed by atoms with Gasteiger partial charge in [-0.1, -0.05) is 6.58 Å². The van der Waals surface area contributed by atoms with Crippen molar-refractivity contribution in [2.24, 2.45) is 4.99 Å². The fourth-order valence-corrected chi connectivity index (χ4v) is 1.12. The summed E-state index contributed by atoms with van der Waals surface area (Å²) in [4.78, 5) is 4.38. The van der Waals surface area contributed by atoms with Crippen molar-refractivity contribution in [1.82, 2.24) is 0 Å². The van der Waals surface area contributed by atoms with Gasteiger partial charge in [-0.25, -0.2) is 4.99 Å². The first kappa shape index (κ1) is 9.59. The van der Waals surface area contributed by atoms with E-state index in [0.717, 1.165) is 24.5 Å². The van der Waals surface area contributed by atoms with Crippen molar-refractivity contribution in [3.05, 3.63) is 12.3 Å². The largest absolute Gasteiger partial charge is 0.446 e. The van der Waals surface area contributed by atoms with Crippen LogP contribution in [0.25, 0.3) is 0 Å². The summed E-state index contributed by atoms with van der Waals surface area (Å²) in [6.07, 6.45) is 1.72. The first-order chi connectivity index (χ1) is 5.56. The van der Waals surface area contributed by atoms with Crippen LogP contribution in [0.4, 0.5) is 0 Å². The molecular weight excluding hydrogens is 174 g/mol. The Hall–Kier alpha value is -0.500. The summed E-state index contributed by atoms with van der Waals surface area (Å²) in [5, 5.41) is 0. The molecule has 1 heterocycles. The van der Waals surface area contributed by atoms with E-state index in [2.05, 4.69) is 11.6 Å². The first-order valence-electron chi connectivity index (χ1n) is 4.08. The monoisotopic (exact) mass is 187 g/mol. The van der Waals surface area contributed by atoms with Crippen LogP contribution in [0.1, 0.15) is 26.7 Å². The highest BCUT2D eigenvalue weighted by Crippen LogP contribution is 2.28. The molecule has 0 atom stereocenters. The molecule has 2 nitrogen and oxygen atoms in total. The predicted molar refractivity (Wildman–Crippen MR) is 51.7 cm³/mol. The number of nitrogens with zero attached hydrogens (tertiary/aromatic N) is 1. The van der Waals surface area contributed by atoms with Gasteiger partial charge in [-0.3, -0.25) is 0 Å². The Balaban J connectivity index is 2.54. The number of rotatable bonds is 3. The molecule has 12 heavy (non-hydrogen) atoms. The molecule has 0 aliphatic carbocycles. The molecule has 0 fully saturated rings. The fourth-order valence-electron chi connectivity index (χ4n) is 0.989. The molecule has 0 N–H and O–H groups in total. The van der Waals surface area contributed by atoms with Crippen LogP contribution >= 0.6 is 11.6 Å². The van der Waals surface area contributed by atoms with Crippen molar-refractivity contribution >= 4 is 17.5 Å². The van der Waals surface area contributed by atoms with E-state index in [1.807, 2.05) is 13.8 Å². The Morgan fingerprint density at radius 3 is 2.67 bits per heavy atom. The van der Waals surface area contributed by atoms with Crippen LogP contribution in [-0.2, 0) is 4.74 Å². The van der Waals surface area contributed by atoms with E-state index in [-0.39, 0.29) is 5.54 Å². The van der Waals surface area contributed by atoms with E-state index in [4.69, 9.17) is 16.3 Å². The lowest BCUT2D eigenvalue weighted by Crippen LogP contribution is -2.14. The number of ether oxygens (including phenoxy) is 1. The van der Waals surface area contributed by atoms with Gasteiger partial charge in [0.15, 0.2) is 5.90 Å². The van der Waals surface area contributed by atoms with Crippen molar-refractivity contribution in [3.63, 3.8) is 0 Å².